The summed E-state index contributed by atoms with van der Waals surface area (Å²) in [6.45, 7) is 5.19. The molecular weight excluding hydrogens is 230 g/mol. The SMILES string of the molecule is O=C(CCc1ccc[nH]1)NCCN1CCOCC1. The molecular formula is C13H21N3O2. The first-order valence-corrected chi connectivity index (χ1v) is 6.53. The second-order valence-corrected chi connectivity index (χ2v) is 4.50. The van der Waals surface area contributed by atoms with Gasteiger partial charge in [0.1, 0.15) is 0 Å². The molecule has 1 amide bonds. The van der Waals surface area contributed by atoms with Crippen LogP contribution in [0.15, 0.2) is 18.3 Å². The van der Waals surface area contributed by atoms with Crippen molar-refractivity contribution in [1.29, 1.82) is 0 Å². The van der Waals surface area contributed by atoms with Crippen LogP contribution in [0.3, 0.4) is 0 Å². The van der Waals surface area contributed by atoms with Gasteiger partial charge >= 0.3 is 0 Å². The quantitative estimate of drug-likeness (QED) is 0.769. The summed E-state index contributed by atoms with van der Waals surface area (Å²) in [5.41, 5.74) is 1.11. The molecule has 1 saturated heterocycles. The monoisotopic (exact) mass is 251 g/mol. The third-order valence-electron chi connectivity index (χ3n) is 3.14. The topological polar surface area (TPSA) is 57.4 Å². The zero-order valence-electron chi connectivity index (χ0n) is 10.7. The second-order valence-electron chi connectivity index (χ2n) is 4.50. The van der Waals surface area contributed by atoms with Gasteiger partial charge in [-0.3, -0.25) is 9.69 Å². The molecule has 0 saturated carbocycles. The van der Waals surface area contributed by atoms with Crippen LogP contribution in [0.5, 0.6) is 0 Å². The first-order valence-electron chi connectivity index (χ1n) is 6.53. The average molecular weight is 251 g/mol. The van der Waals surface area contributed by atoms with E-state index in [1.165, 1.54) is 0 Å². The Balaban J connectivity index is 1.54. The largest absolute Gasteiger partial charge is 0.379 e. The fourth-order valence-electron chi connectivity index (χ4n) is 2.04. The van der Waals surface area contributed by atoms with Gasteiger partial charge in [-0.2, -0.15) is 0 Å². The van der Waals surface area contributed by atoms with Gasteiger partial charge < -0.3 is 15.0 Å². The number of nitrogens with one attached hydrogen (secondary N) is 2. The lowest BCUT2D eigenvalue weighted by Crippen LogP contribution is -2.41. The van der Waals surface area contributed by atoms with E-state index in [1.807, 2.05) is 18.3 Å². The molecule has 0 unspecified atom stereocenters. The summed E-state index contributed by atoms with van der Waals surface area (Å²) in [6.07, 6.45) is 3.20. The van der Waals surface area contributed by atoms with Crippen molar-refractivity contribution in [2.45, 2.75) is 12.8 Å². The van der Waals surface area contributed by atoms with Crippen LogP contribution in [0.2, 0.25) is 0 Å². The third-order valence-corrected chi connectivity index (χ3v) is 3.14. The van der Waals surface area contributed by atoms with Crippen molar-refractivity contribution < 1.29 is 9.53 Å². The molecule has 1 aromatic rings. The number of H-pyrrole nitrogens is 1. The van der Waals surface area contributed by atoms with Crippen LogP contribution >= 0.6 is 0 Å². The number of hydrogen-bond acceptors (Lipinski definition) is 3. The van der Waals surface area contributed by atoms with Crippen LogP contribution in [0.1, 0.15) is 12.1 Å². The van der Waals surface area contributed by atoms with E-state index in [-0.39, 0.29) is 5.91 Å². The minimum absolute atomic E-state index is 0.123. The van der Waals surface area contributed by atoms with Gasteiger partial charge in [0, 0.05) is 44.5 Å². The molecule has 0 aromatic carbocycles. The van der Waals surface area contributed by atoms with E-state index in [0.29, 0.717) is 6.42 Å². The maximum atomic E-state index is 11.6. The number of nitrogens with zero attached hydrogens (tertiary/aromatic N) is 1. The summed E-state index contributed by atoms with van der Waals surface area (Å²) in [5.74, 6) is 0.123. The van der Waals surface area contributed by atoms with Crippen molar-refractivity contribution in [3.05, 3.63) is 24.0 Å². The van der Waals surface area contributed by atoms with Gasteiger partial charge in [-0.1, -0.05) is 0 Å². The van der Waals surface area contributed by atoms with Crippen molar-refractivity contribution in [2.75, 3.05) is 39.4 Å². The Labute approximate surface area is 108 Å². The highest BCUT2D eigenvalue weighted by Crippen LogP contribution is 1.99. The molecule has 1 aromatic heterocycles. The number of hydrogen-bond donors (Lipinski definition) is 2. The Morgan fingerprint density at radius 1 is 1.44 bits per heavy atom. The predicted molar refractivity (Wildman–Crippen MR) is 69.4 cm³/mol. The van der Waals surface area contributed by atoms with E-state index in [9.17, 15) is 4.79 Å². The molecule has 0 aliphatic carbocycles. The summed E-state index contributed by atoms with van der Waals surface area (Å²) in [4.78, 5) is 17.0. The van der Waals surface area contributed by atoms with Gasteiger partial charge in [-0.25, -0.2) is 0 Å². The molecule has 2 heterocycles. The Hall–Kier alpha value is -1.33. The van der Waals surface area contributed by atoms with Crippen molar-refractivity contribution >= 4 is 5.91 Å². The molecule has 0 radical (unpaired) electrons. The fraction of sp³-hybridized carbons (Fsp3) is 0.615. The zero-order chi connectivity index (χ0) is 12.6. The van der Waals surface area contributed by atoms with Gasteiger partial charge in [0.2, 0.25) is 5.91 Å². The van der Waals surface area contributed by atoms with Crippen LogP contribution in [0, 0.1) is 0 Å². The third kappa shape index (κ3) is 4.50. The zero-order valence-corrected chi connectivity index (χ0v) is 10.7. The van der Waals surface area contributed by atoms with E-state index in [0.717, 1.165) is 51.5 Å². The highest BCUT2D eigenvalue weighted by atomic mass is 16.5. The number of aromatic amines is 1. The number of rotatable bonds is 6. The smallest absolute Gasteiger partial charge is 0.220 e. The van der Waals surface area contributed by atoms with Crippen LogP contribution in [-0.2, 0) is 16.0 Å². The normalized spacial score (nSPS) is 16.7. The minimum Gasteiger partial charge on any atom is -0.379 e. The summed E-state index contributed by atoms with van der Waals surface area (Å²) < 4.78 is 5.27. The Bertz CT molecular complexity index is 345. The molecule has 0 bridgehead atoms. The van der Waals surface area contributed by atoms with Crippen molar-refractivity contribution in [2.24, 2.45) is 0 Å². The summed E-state index contributed by atoms with van der Waals surface area (Å²) in [6, 6.07) is 3.95. The predicted octanol–water partition coefficient (Wildman–Crippen LogP) is 0.396. The van der Waals surface area contributed by atoms with Gasteiger partial charge in [-0.15, -0.1) is 0 Å². The number of aryl methyl sites for hydroxylation is 1. The molecule has 5 nitrogen and oxygen atoms in total. The molecule has 18 heavy (non-hydrogen) atoms. The summed E-state index contributed by atoms with van der Waals surface area (Å²) in [7, 11) is 0. The first-order chi connectivity index (χ1) is 8.84. The van der Waals surface area contributed by atoms with Gasteiger partial charge in [0.15, 0.2) is 0 Å². The maximum Gasteiger partial charge on any atom is 0.220 e. The minimum atomic E-state index is 0.123. The van der Waals surface area contributed by atoms with Gasteiger partial charge in [-0.05, 0) is 18.6 Å². The average Bonchev–Trinajstić information content (AvgIpc) is 2.91. The molecule has 0 atom stereocenters. The lowest BCUT2D eigenvalue weighted by molar-refractivity contribution is -0.121. The van der Waals surface area contributed by atoms with Gasteiger partial charge in [0.25, 0.3) is 0 Å². The van der Waals surface area contributed by atoms with E-state index in [2.05, 4.69) is 15.2 Å². The Morgan fingerprint density at radius 2 is 2.28 bits per heavy atom. The van der Waals surface area contributed by atoms with Crippen LogP contribution in [0.25, 0.3) is 0 Å². The molecule has 2 N–H and O–H groups in total. The second kappa shape index (κ2) is 7.18. The van der Waals surface area contributed by atoms with E-state index in [4.69, 9.17) is 4.74 Å². The molecule has 5 heteroatoms. The van der Waals surface area contributed by atoms with Crippen molar-refractivity contribution in [3.63, 3.8) is 0 Å². The van der Waals surface area contributed by atoms with Crippen molar-refractivity contribution in [3.8, 4) is 0 Å². The molecule has 2 rings (SSSR count). The standard InChI is InChI=1S/C13H21N3O2/c17-13(4-3-12-2-1-5-14-12)15-6-7-16-8-10-18-11-9-16/h1-2,5,14H,3-4,6-11H2,(H,15,17). The summed E-state index contributed by atoms with van der Waals surface area (Å²) >= 11 is 0. The Kier molecular flexibility index (Phi) is 5.23. The van der Waals surface area contributed by atoms with Crippen LogP contribution in [0.4, 0.5) is 0 Å². The molecule has 100 valence electrons. The summed E-state index contributed by atoms with van der Waals surface area (Å²) in [5, 5.41) is 2.96. The number of carbonyl (C=O) groups excluding carboxylic acids is 1. The lowest BCUT2D eigenvalue weighted by atomic mass is 10.2. The lowest BCUT2D eigenvalue weighted by Gasteiger charge is -2.26. The maximum absolute atomic E-state index is 11.6. The highest BCUT2D eigenvalue weighted by molar-refractivity contribution is 5.76. The molecule has 1 fully saturated rings. The number of carbonyl (C=O) groups is 1. The number of amides is 1. The van der Waals surface area contributed by atoms with Gasteiger partial charge in [0.05, 0.1) is 13.2 Å². The van der Waals surface area contributed by atoms with E-state index in [1.54, 1.807) is 0 Å². The highest BCUT2D eigenvalue weighted by Gasteiger charge is 2.10. The van der Waals surface area contributed by atoms with E-state index < -0.39 is 0 Å². The molecule has 1 aliphatic heterocycles. The fourth-order valence-corrected chi connectivity index (χ4v) is 2.04. The number of morpholine rings is 1. The van der Waals surface area contributed by atoms with E-state index >= 15 is 0 Å². The Morgan fingerprint density at radius 3 is 3.00 bits per heavy atom. The number of aromatic nitrogens is 1. The molecule has 1 aliphatic rings. The van der Waals surface area contributed by atoms with Crippen LogP contribution in [-0.4, -0.2) is 55.2 Å². The van der Waals surface area contributed by atoms with Crippen molar-refractivity contribution in [1.82, 2.24) is 15.2 Å². The van der Waals surface area contributed by atoms with Crippen LogP contribution < -0.4 is 5.32 Å². The first kappa shape index (κ1) is 13.1. The molecule has 0 spiro atoms. The number of ether oxygens (including phenoxy) is 1.